The summed E-state index contributed by atoms with van der Waals surface area (Å²) in [6.07, 6.45) is 1.61. The zero-order valence-corrected chi connectivity index (χ0v) is 17.4. The molecule has 0 fully saturated rings. The highest BCUT2D eigenvalue weighted by Gasteiger charge is 2.26. The number of hydrogen-bond acceptors (Lipinski definition) is 6. The minimum absolute atomic E-state index is 0.130. The largest absolute Gasteiger partial charge is 0.496 e. The number of fused-ring (bicyclic) bond motifs is 1. The number of aryl methyl sites for hydroxylation is 1. The summed E-state index contributed by atoms with van der Waals surface area (Å²) in [4.78, 5) is 29.3. The number of aromatic nitrogens is 1. The van der Waals surface area contributed by atoms with E-state index >= 15 is 0 Å². The number of hydrogen-bond donors (Lipinski definition) is 0. The molecule has 3 aromatic rings. The number of nitrogens with zero attached hydrogens (tertiary/aromatic N) is 1. The zero-order chi connectivity index (χ0) is 20.4. The summed E-state index contributed by atoms with van der Waals surface area (Å²) < 4.78 is 16.0. The van der Waals surface area contributed by atoms with Crippen molar-refractivity contribution < 1.29 is 23.8 Å². The lowest BCUT2D eigenvalue weighted by Crippen LogP contribution is -2.14. The number of esters is 2. The van der Waals surface area contributed by atoms with Crippen LogP contribution in [0.5, 0.6) is 5.75 Å². The average molecular weight is 444 g/mol. The fourth-order valence-electron chi connectivity index (χ4n) is 3.21. The Hall–Kier alpha value is -2.93. The lowest BCUT2D eigenvalue weighted by atomic mass is 9.89. The highest BCUT2D eigenvalue weighted by molar-refractivity contribution is 9.10. The molecule has 0 atom stereocenters. The minimum atomic E-state index is -0.634. The Kier molecular flexibility index (Phi) is 5.65. The fraction of sp³-hybridized carbons (Fsp3) is 0.190. The molecular weight excluding hydrogens is 426 g/mol. The molecule has 0 aliphatic carbocycles. The van der Waals surface area contributed by atoms with Crippen LogP contribution in [0, 0.1) is 6.92 Å². The van der Waals surface area contributed by atoms with Gasteiger partial charge in [0.05, 0.1) is 32.5 Å². The van der Waals surface area contributed by atoms with Crippen LogP contribution in [0.15, 0.2) is 41.1 Å². The number of ether oxygens (including phenoxy) is 3. The summed E-state index contributed by atoms with van der Waals surface area (Å²) in [5.41, 5.74) is 2.41. The molecule has 7 heteroatoms. The summed E-state index contributed by atoms with van der Waals surface area (Å²) >= 11 is 3.36. The van der Waals surface area contributed by atoms with Crippen molar-refractivity contribution in [2.75, 3.05) is 21.3 Å². The molecule has 0 aliphatic rings. The molecule has 2 aromatic carbocycles. The first-order valence-electron chi connectivity index (χ1n) is 8.35. The van der Waals surface area contributed by atoms with Gasteiger partial charge >= 0.3 is 11.9 Å². The monoisotopic (exact) mass is 443 g/mol. The quantitative estimate of drug-likeness (QED) is 0.434. The fourth-order valence-corrected chi connectivity index (χ4v) is 3.57. The van der Waals surface area contributed by atoms with Crippen LogP contribution in [0.3, 0.4) is 0 Å². The minimum Gasteiger partial charge on any atom is -0.496 e. The molecular formula is C21H18BrNO5. The van der Waals surface area contributed by atoms with E-state index in [1.165, 1.54) is 14.2 Å². The van der Waals surface area contributed by atoms with Crippen molar-refractivity contribution in [1.29, 1.82) is 0 Å². The molecule has 0 bridgehead atoms. The topological polar surface area (TPSA) is 74.7 Å². The van der Waals surface area contributed by atoms with E-state index in [9.17, 15) is 9.59 Å². The third kappa shape index (κ3) is 3.45. The van der Waals surface area contributed by atoms with E-state index in [0.29, 0.717) is 21.5 Å². The van der Waals surface area contributed by atoms with Crippen LogP contribution in [0.25, 0.3) is 21.9 Å². The smallest absolute Gasteiger partial charge is 0.339 e. The number of carbonyl (C=O) groups excluding carboxylic acids is 2. The second kappa shape index (κ2) is 7.98. The lowest BCUT2D eigenvalue weighted by Gasteiger charge is -2.17. The molecule has 3 rings (SSSR count). The third-order valence-corrected chi connectivity index (χ3v) is 4.90. The predicted molar refractivity (Wildman–Crippen MR) is 109 cm³/mol. The molecule has 0 unspecified atom stereocenters. The summed E-state index contributed by atoms with van der Waals surface area (Å²) in [7, 11) is 4.13. The van der Waals surface area contributed by atoms with E-state index in [4.69, 9.17) is 14.2 Å². The third-order valence-electron chi connectivity index (χ3n) is 4.47. The van der Waals surface area contributed by atoms with Crippen molar-refractivity contribution in [1.82, 2.24) is 4.98 Å². The predicted octanol–water partition coefficient (Wildman–Crippen LogP) is 4.55. The molecule has 6 nitrogen and oxygen atoms in total. The van der Waals surface area contributed by atoms with Gasteiger partial charge in [0.25, 0.3) is 0 Å². The second-order valence-electron chi connectivity index (χ2n) is 6.07. The molecule has 0 radical (unpaired) electrons. The molecule has 144 valence electrons. The number of halogens is 1. The first-order chi connectivity index (χ1) is 13.4. The second-order valence-corrected chi connectivity index (χ2v) is 6.88. The van der Waals surface area contributed by atoms with Crippen molar-refractivity contribution in [3.05, 3.63) is 57.8 Å². The summed E-state index contributed by atoms with van der Waals surface area (Å²) in [5, 5.41) is 1.52. The Morgan fingerprint density at radius 1 is 1.00 bits per heavy atom. The average Bonchev–Trinajstić information content (AvgIpc) is 2.70. The highest BCUT2D eigenvalue weighted by atomic mass is 79.9. The van der Waals surface area contributed by atoms with Crippen LogP contribution in [-0.4, -0.2) is 38.3 Å². The number of benzene rings is 2. The van der Waals surface area contributed by atoms with E-state index < -0.39 is 11.9 Å². The van der Waals surface area contributed by atoms with Gasteiger partial charge in [0, 0.05) is 11.8 Å². The molecule has 28 heavy (non-hydrogen) atoms. The Bertz CT molecular complexity index is 1090. The van der Waals surface area contributed by atoms with Crippen LogP contribution in [0.1, 0.15) is 26.3 Å². The van der Waals surface area contributed by atoms with Gasteiger partial charge < -0.3 is 14.2 Å². The number of methoxy groups -OCH3 is 3. The molecule has 0 spiro atoms. The SMILES string of the molecule is COC(=O)c1cc2cc(C)c(OC)cc2c(-c2ccnc(Br)c2)c1C(=O)OC. The van der Waals surface area contributed by atoms with Crippen LogP contribution < -0.4 is 4.74 Å². The highest BCUT2D eigenvalue weighted by Crippen LogP contribution is 2.39. The molecule has 0 saturated carbocycles. The van der Waals surface area contributed by atoms with Crippen molar-refractivity contribution >= 4 is 38.6 Å². The van der Waals surface area contributed by atoms with E-state index in [-0.39, 0.29) is 11.1 Å². The molecule has 1 heterocycles. The summed E-state index contributed by atoms with van der Waals surface area (Å²) in [6.45, 7) is 1.91. The van der Waals surface area contributed by atoms with Gasteiger partial charge in [0.2, 0.25) is 0 Å². The summed E-state index contributed by atoms with van der Waals surface area (Å²) in [6, 6.07) is 8.93. The van der Waals surface area contributed by atoms with E-state index in [1.54, 1.807) is 31.5 Å². The van der Waals surface area contributed by atoms with Crippen molar-refractivity contribution in [2.24, 2.45) is 0 Å². The normalized spacial score (nSPS) is 10.6. The van der Waals surface area contributed by atoms with Crippen LogP contribution in [0.2, 0.25) is 0 Å². The van der Waals surface area contributed by atoms with Crippen LogP contribution >= 0.6 is 15.9 Å². The van der Waals surface area contributed by atoms with Crippen LogP contribution in [-0.2, 0) is 9.47 Å². The maximum Gasteiger partial charge on any atom is 0.339 e. The molecule has 0 saturated heterocycles. The van der Waals surface area contributed by atoms with Gasteiger partial charge in [-0.15, -0.1) is 0 Å². The van der Waals surface area contributed by atoms with Gasteiger partial charge in [-0.3, -0.25) is 0 Å². The Morgan fingerprint density at radius 2 is 1.71 bits per heavy atom. The molecule has 0 amide bonds. The van der Waals surface area contributed by atoms with Gasteiger partial charge in [-0.25, -0.2) is 14.6 Å². The first kappa shape index (κ1) is 19.8. The number of pyridine rings is 1. The van der Waals surface area contributed by atoms with Crippen molar-refractivity contribution in [3.63, 3.8) is 0 Å². The van der Waals surface area contributed by atoms with E-state index in [0.717, 1.165) is 16.3 Å². The lowest BCUT2D eigenvalue weighted by molar-refractivity contribution is 0.0556. The Morgan fingerprint density at radius 3 is 2.32 bits per heavy atom. The molecule has 1 aromatic heterocycles. The zero-order valence-electron chi connectivity index (χ0n) is 15.8. The van der Waals surface area contributed by atoms with E-state index in [2.05, 4.69) is 20.9 Å². The molecule has 0 N–H and O–H groups in total. The van der Waals surface area contributed by atoms with Gasteiger partial charge in [0.15, 0.2) is 0 Å². The number of carbonyl (C=O) groups is 2. The Balaban J connectivity index is 2.55. The van der Waals surface area contributed by atoms with Gasteiger partial charge in [-0.1, -0.05) is 0 Å². The molecule has 0 aliphatic heterocycles. The summed E-state index contributed by atoms with van der Waals surface area (Å²) in [5.74, 6) is -0.585. The standard InChI is InChI=1S/C21H18BrNO5/c1-11-7-13-8-15(20(24)27-3)19(21(25)28-4)18(14(13)10-16(11)26-2)12-5-6-23-17(22)9-12/h5-10H,1-4H3. The maximum atomic E-state index is 12.7. The van der Waals surface area contributed by atoms with Gasteiger partial charge in [0.1, 0.15) is 10.4 Å². The van der Waals surface area contributed by atoms with Crippen molar-refractivity contribution in [3.8, 4) is 16.9 Å². The Labute approximate surface area is 170 Å². The van der Waals surface area contributed by atoms with Gasteiger partial charge in [-0.05, 0) is 75.1 Å². The van der Waals surface area contributed by atoms with Crippen molar-refractivity contribution in [2.45, 2.75) is 6.92 Å². The maximum absolute atomic E-state index is 12.7. The number of rotatable bonds is 4. The van der Waals surface area contributed by atoms with Gasteiger partial charge in [-0.2, -0.15) is 0 Å². The first-order valence-corrected chi connectivity index (χ1v) is 9.14. The van der Waals surface area contributed by atoms with E-state index in [1.807, 2.05) is 19.1 Å². The van der Waals surface area contributed by atoms with Crippen LogP contribution in [0.4, 0.5) is 0 Å².